The standard InChI is InChI=1S/C25H19ClN2O3/c26-18-9-7-8-17(16-18)14-15-21-22-23(31-28(21)20-12-5-2-6-13-20)25(30)27(24(22)29)19-10-3-1-4-11-19/h1-16,21-23H/b15-14+. The number of benzene rings is 3. The van der Waals surface area contributed by atoms with Crippen molar-refractivity contribution in [2.24, 2.45) is 5.92 Å². The van der Waals surface area contributed by atoms with Crippen LogP contribution in [0.15, 0.2) is 91.0 Å². The van der Waals surface area contributed by atoms with Gasteiger partial charge in [0.25, 0.3) is 5.91 Å². The Balaban J connectivity index is 1.53. The molecule has 5 nitrogen and oxygen atoms in total. The first-order valence-electron chi connectivity index (χ1n) is 10.0. The van der Waals surface area contributed by atoms with Crippen LogP contribution in [0.2, 0.25) is 5.02 Å². The Morgan fingerprint density at radius 2 is 1.48 bits per heavy atom. The molecule has 0 saturated carbocycles. The molecule has 154 valence electrons. The molecule has 2 amide bonds. The van der Waals surface area contributed by atoms with E-state index in [0.29, 0.717) is 10.7 Å². The van der Waals surface area contributed by atoms with Gasteiger partial charge in [-0.25, -0.2) is 9.96 Å². The van der Waals surface area contributed by atoms with Crippen LogP contribution in [-0.2, 0) is 14.4 Å². The number of hydrogen-bond acceptors (Lipinski definition) is 4. The fourth-order valence-corrected chi connectivity index (χ4v) is 4.30. The SMILES string of the molecule is O=C1C2ON(c3ccccc3)C(/C=C/c3cccc(Cl)c3)C2C(=O)N1c1ccccc1. The average Bonchev–Trinajstić information content (AvgIpc) is 3.29. The summed E-state index contributed by atoms with van der Waals surface area (Å²) in [4.78, 5) is 33.9. The first-order chi connectivity index (χ1) is 15.1. The van der Waals surface area contributed by atoms with Gasteiger partial charge in [-0.3, -0.25) is 14.4 Å². The average molecular weight is 431 g/mol. The molecule has 0 spiro atoms. The van der Waals surface area contributed by atoms with Gasteiger partial charge in [0.2, 0.25) is 5.91 Å². The van der Waals surface area contributed by atoms with Gasteiger partial charge in [-0.05, 0) is 42.0 Å². The monoisotopic (exact) mass is 430 g/mol. The van der Waals surface area contributed by atoms with Gasteiger partial charge in [0.05, 0.1) is 17.4 Å². The number of hydrogen-bond donors (Lipinski definition) is 0. The van der Waals surface area contributed by atoms with Gasteiger partial charge in [0.15, 0.2) is 6.10 Å². The Hall–Kier alpha value is -3.41. The number of halogens is 1. The maximum atomic E-state index is 13.4. The largest absolute Gasteiger partial charge is 0.273 e. The first kappa shape index (κ1) is 19.5. The van der Waals surface area contributed by atoms with E-state index in [1.54, 1.807) is 35.4 Å². The van der Waals surface area contributed by atoms with E-state index in [-0.39, 0.29) is 11.8 Å². The summed E-state index contributed by atoms with van der Waals surface area (Å²) in [6, 6.07) is 25.4. The maximum absolute atomic E-state index is 13.4. The molecule has 0 radical (unpaired) electrons. The predicted octanol–water partition coefficient (Wildman–Crippen LogP) is 4.73. The van der Waals surface area contributed by atoms with E-state index < -0.39 is 18.1 Å². The lowest BCUT2D eigenvalue weighted by molar-refractivity contribution is -0.126. The highest BCUT2D eigenvalue weighted by molar-refractivity contribution is 6.30. The molecule has 5 rings (SSSR count). The van der Waals surface area contributed by atoms with E-state index in [2.05, 4.69) is 0 Å². The van der Waals surface area contributed by atoms with Crippen molar-refractivity contribution in [3.63, 3.8) is 0 Å². The van der Waals surface area contributed by atoms with E-state index >= 15 is 0 Å². The zero-order chi connectivity index (χ0) is 21.4. The fraction of sp³-hybridized carbons (Fsp3) is 0.120. The molecule has 2 fully saturated rings. The van der Waals surface area contributed by atoms with Crippen molar-refractivity contribution in [2.45, 2.75) is 12.1 Å². The van der Waals surface area contributed by atoms with Gasteiger partial charge in [-0.15, -0.1) is 0 Å². The first-order valence-corrected chi connectivity index (χ1v) is 10.4. The van der Waals surface area contributed by atoms with Gasteiger partial charge >= 0.3 is 0 Å². The lowest BCUT2D eigenvalue weighted by Crippen LogP contribution is -2.39. The number of rotatable bonds is 4. The van der Waals surface area contributed by atoms with Crippen LogP contribution in [-0.4, -0.2) is 24.0 Å². The summed E-state index contributed by atoms with van der Waals surface area (Å²) in [5.74, 6) is -1.26. The minimum absolute atomic E-state index is 0.264. The fourth-order valence-electron chi connectivity index (χ4n) is 4.10. The van der Waals surface area contributed by atoms with Gasteiger partial charge in [0.1, 0.15) is 5.92 Å². The van der Waals surface area contributed by atoms with Crippen molar-refractivity contribution in [2.75, 3.05) is 9.96 Å². The molecule has 3 unspecified atom stereocenters. The summed E-state index contributed by atoms with van der Waals surface area (Å²) >= 11 is 6.11. The highest BCUT2D eigenvalue weighted by Crippen LogP contribution is 2.41. The highest BCUT2D eigenvalue weighted by Gasteiger charge is 2.59. The van der Waals surface area contributed by atoms with Crippen LogP contribution in [0.5, 0.6) is 0 Å². The number of fused-ring (bicyclic) bond motifs is 1. The van der Waals surface area contributed by atoms with Crippen LogP contribution < -0.4 is 9.96 Å². The molecular weight excluding hydrogens is 412 g/mol. The van der Waals surface area contributed by atoms with E-state index in [1.807, 2.05) is 66.7 Å². The third-order valence-electron chi connectivity index (χ3n) is 5.52. The zero-order valence-corrected chi connectivity index (χ0v) is 17.2. The second-order valence-corrected chi connectivity index (χ2v) is 7.90. The molecule has 0 bridgehead atoms. The summed E-state index contributed by atoms with van der Waals surface area (Å²) in [5.41, 5.74) is 2.24. The van der Waals surface area contributed by atoms with E-state index in [1.165, 1.54) is 4.90 Å². The van der Waals surface area contributed by atoms with Crippen LogP contribution in [0, 0.1) is 5.92 Å². The van der Waals surface area contributed by atoms with Crippen molar-refractivity contribution >= 4 is 40.9 Å². The molecule has 2 heterocycles. The van der Waals surface area contributed by atoms with E-state index in [0.717, 1.165) is 11.3 Å². The second-order valence-electron chi connectivity index (χ2n) is 7.47. The van der Waals surface area contributed by atoms with Gasteiger partial charge in [0, 0.05) is 5.02 Å². The van der Waals surface area contributed by atoms with Gasteiger partial charge < -0.3 is 0 Å². The van der Waals surface area contributed by atoms with Crippen LogP contribution in [0.1, 0.15) is 5.56 Å². The zero-order valence-electron chi connectivity index (χ0n) is 16.5. The number of anilines is 2. The molecule has 6 heteroatoms. The third kappa shape index (κ3) is 3.52. The predicted molar refractivity (Wildman–Crippen MR) is 120 cm³/mol. The Labute approximate surface area is 185 Å². The lowest BCUT2D eigenvalue weighted by Gasteiger charge is -2.26. The Bertz CT molecular complexity index is 1150. The van der Waals surface area contributed by atoms with Crippen molar-refractivity contribution in [1.29, 1.82) is 0 Å². The van der Waals surface area contributed by atoms with Crippen LogP contribution in [0.3, 0.4) is 0 Å². The summed E-state index contributed by atoms with van der Waals surface area (Å²) in [6.45, 7) is 0. The minimum Gasteiger partial charge on any atom is -0.273 e. The second kappa shape index (κ2) is 8.02. The number of para-hydroxylation sites is 2. The summed E-state index contributed by atoms with van der Waals surface area (Å²) in [5, 5.41) is 2.29. The quantitative estimate of drug-likeness (QED) is 0.561. The Morgan fingerprint density at radius 3 is 2.16 bits per heavy atom. The van der Waals surface area contributed by atoms with Gasteiger partial charge in [-0.2, -0.15) is 0 Å². The molecule has 0 N–H and O–H groups in total. The Kier molecular flexibility index (Phi) is 5.06. The molecule has 2 saturated heterocycles. The number of imide groups is 1. The number of carbonyl (C=O) groups excluding carboxylic acids is 2. The van der Waals surface area contributed by atoms with Crippen molar-refractivity contribution < 1.29 is 14.4 Å². The van der Waals surface area contributed by atoms with Crippen LogP contribution in [0.25, 0.3) is 6.08 Å². The summed E-state index contributed by atoms with van der Waals surface area (Å²) in [7, 11) is 0. The van der Waals surface area contributed by atoms with Crippen LogP contribution >= 0.6 is 11.6 Å². The molecule has 0 aromatic heterocycles. The molecular formula is C25H19ClN2O3. The topological polar surface area (TPSA) is 49.9 Å². The molecule has 3 aromatic rings. The number of amides is 2. The lowest BCUT2D eigenvalue weighted by atomic mass is 9.95. The third-order valence-corrected chi connectivity index (χ3v) is 5.76. The van der Waals surface area contributed by atoms with Crippen molar-refractivity contribution in [3.8, 4) is 0 Å². The molecule has 2 aliphatic heterocycles. The minimum atomic E-state index is -0.873. The normalized spacial score (nSPS) is 23.1. The smallest absolute Gasteiger partial charge is 0.266 e. The van der Waals surface area contributed by atoms with Crippen LogP contribution in [0.4, 0.5) is 11.4 Å². The van der Waals surface area contributed by atoms with Crippen molar-refractivity contribution in [1.82, 2.24) is 0 Å². The van der Waals surface area contributed by atoms with E-state index in [4.69, 9.17) is 16.4 Å². The Morgan fingerprint density at radius 1 is 0.806 bits per heavy atom. The number of carbonyl (C=O) groups is 2. The molecule has 3 aromatic carbocycles. The molecule has 31 heavy (non-hydrogen) atoms. The molecule has 0 aliphatic carbocycles. The summed E-state index contributed by atoms with van der Waals surface area (Å²) in [6.07, 6.45) is 2.94. The molecule has 3 atom stereocenters. The number of nitrogens with zero attached hydrogens (tertiary/aromatic N) is 2. The molecule has 2 aliphatic rings. The highest BCUT2D eigenvalue weighted by atomic mass is 35.5. The van der Waals surface area contributed by atoms with E-state index in [9.17, 15) is 9.59 Å². The number of hydroxylamine groups is 1. The van der Waals surface area contributed by atoms with Gasteiger partial charge in [-0.1, -0.05) is 72.3 Å². The summed E-state index contributed by atoms with van der Waals surface area (Å²) < 4.78 is 0. The maximum Gasteiger partial charge on any atom is 0.266 e. The van der Waals surface area contributed by atoms with Crippen molar-refractivity contribution in [3.05, 3.63) is 102 Å².